The minimum Gasteiger partial charge on any atom is -0.423 e. The first kappa shape index (κ1) is 10.4. The Morgan fingerprint density at radius 3 is 2.08 bits per heavy atom. The van der Waals surface area contributed by atoms with Gasteiger partial charge in [0.25, 0.3) is 0 Å². The molecule has 0 saturated carbocycles. The molecule has 1 aromatic rings. The number of hydrogen-bond acceptors (Lipinski definition) is 5. The van der Waals surface area contributed by atoms with E-state index in [0.29, 0.717) is 0 Å². The second-order valence-electron chi connectivity index (χ2n) is 3.04. The quantitative estimate of drug-likeness (QED) is 0.443. The number of aromatic nitrogens is 2. The zero-order valence-electron chi connectivity index (χ0n) is 7.38. The van der Waals surface area contributed by atoms with E-state index in [2.05, 4.69) is 9.97 Å². The van der Waals surface area contributed by atoms with Gasteiger partial charge in [0, 0.05) is 17.9 Å². The molecule has 13 heavy (non-hydrogen) atoms. The lowest BCUT2D eigenvalue weighted by Gasteiger charge is -2.04. The summed E-state index contributed by atoms with van der Waals surface area (Å²) >= 11 is 0. The van der Waals surface area contributed by atoms with Crippen LogP contribution in [0.15, 0.2) is 12.4 Å². The van der Waals surface area contributed by atoms with Gasteiger partial charge in [0.1, 0.15) is 7.14 Å². The first-order valence-electron chi connectivity index (χ1n) is 3.65. The van der Waals surface area contributed by atoms with Gasteiger partial charge < -0.3 is 14.6 Å². The van der Waals surface area contributed by atoms with Crippen molar-refractivity contribution in [3.8, 4) is 0 Å². The Labute approximate surface area is 76.4 Å². The van der Waals surface area contributed by atoms with Crippen molar-refractivity contribution in [2.75, 3.05) is 13.3 Å². The molecule has 1 heterocycles. The molecule has 0 unspecified atom stereocenters. The summed E-state index contributed by atoms with van der Waals surface area (Å²) in [5.74, 6) is 0. The van der Waals surface area contributed by atoms with Crippen LogP contribution in [0.25, 0.3) is 0 Å². The largest absolute Gasteiger partial charge is 0.491 e. The molecule has 0 aliphatic carbocycles. The molecule has 5 nitrogen and oxygen atoms in total. The molecular formula is C6H10BN2O3P. The third-order valence-corrected chi connectivity index (χ3v) is 2.63. The monoisotopic (exact) mass is 200 g/mol. The van der Waals surface area contributed by atoms with Gasteiger partial charge >= 0.3 is 7.12 Å². The average Bonchev–Trinajstić information content (AvgIpc) is 2.03. The van der Waals surface area contributed by atoms with E-state index in [9.17, 15) is 4.57 Å². The highest BCUT2D eigenvalue weighted by atomic mass is 31.2. The maximum Gasteiger partial charge on any atom is 0.491 e. The lowest BCUT2D eigenvalue weighted by molar-refractivity contribution is 0.425. The third kappa shape index (κ3) is 2.62. The van der Waals surface area contributed by atoms with Gasteiger partial charge in [-0.25, -0.2) is 9.97 Å². The highest BCUT2D eigenvalue weighted by molar-refractivity contribution is 7.69. The van der Waals surface area contributed by atoms with Crippen molar-refractivity contribution < 1.29 is 14.6 Å². The lowest BCUT2D eigenvalue weighted by atomic mass is 9.83. The molecule has 1 rings (SSSR count). The average molecular weight is 200 g/mol. The summed E-state index contributed by atoms with van der Waals surface area (Å²) in [5, 5.41) is 17.4. The Morgan fingerprint density at radius 1 is 1.31 bits per heavy atom. The molecule has 0 aromatic carbocycles. The Kier molecular flexibility index (Phi) is 2.85. The maximum atomic E-state index is 11.4. The Hall–Kier alpha value is -0.705. The van der Waals surface area contributed by atoms with E-state index in [-0.39, 0.29) is 11.0 Å². The van der Waals surface area contributed by atoms with Crippen molar-refractivity contribution in [2.24, 2.45) is 0 Å². The molecule has 70 valence electrons. The summed E-state index contributed by atoms with van der Waals surface area (Å²) in [7, 11) is -4.03. The smallest absolute Gasteiger partial charge is 0.423 e. The number of rotatable bonds is 2. The fourth-order valence-corrected chi connectivity index (χ4v) is 1.41. The molecule has 0 aliphatic heterocycles. The van der Waals surface area contributed by atoms with E-state index in [1.165, 1.54) is 12.4 Å². The second-order valence-corrected chi connectivity index (χ2v) is 6.14. The van der Waals surface area contributed by atoms with Crippen molar-refractivity contribution >= 4 is 25.3 Å². The van der Waals surface area contributed by atoms with Gasteiger partial charge in [0.15, 0.2) is 5.57 Å². The minimum atomic E-state index is -2.45. The van der Waals surface area contributed by atoms with Gasteiger partial charge in [-0.15, -0.1) is 0 Å². The van der Waals surface area contributed by atoms with Gasteiger partial charge in [0.2, 0.25) is 0 Å². The fraction of sp³-hybridized carbons (Fsp3) is 0.333. The van der Waals surface area contributed by atoms with Crippen molar-refractivity contribution in [3.05, 3.63) is 12.4 Å². The standard InChI is InChI=1S/C6H10BN2O3P/c1-13(2,12)6-8-3-5(4-9-6)7(10)11/h3-4,10-11H,1-2H3. The van der Waals surface area contributed by atoms with E-state index < -0.39 is 14.3 Å². The van der Waals surface area contributed by atoms with Crippen LogP contribution >= 0.6 is 7.14 Å². The zero-order chi connectivity index (χ0) is 10.1. The second kappa shape index (κ2) is 3.58. The van der Waals surface area contributed by atoms with Crippen LogP contribution in [-0.4, -0.2) is 40.5 Å². The van der Waals surface area contributed by atoms with Crippen LogP contribution in [-0.2, 0) is 4.57 Å². The van der Waals surface area contributed by atoms with E-state index in [1.54, 1.807) is 13.3 Å². The summed E-state index contributed by atoms with van der Waals surface area (Å²) < 4.78 is 11.4. The molecule has 0 radical (unpaired) electrons. The Balaban J connectivity index is 3.01. The third-order valence-electron chi connectivity index (χ3n) is 1.44. The van der Waals surface area contributed by atoms with Gasteiger partial charge in [0.05, 0.1) is 0 Å². The van der Waals surface area contributed by atoms with Gasteiger partial charge in [-0.1, -0.05) is 0 Å². The first-order valence-corrected chi connectivity index (χ1v) is 6.25. The highest BCUT2D eigenvalue weighted by Crippen LogP contribution is 2.31. The fourth-order valence-electron chi connectivity index (χ4n) is 0.743. The summed E-state index contributed by atoms with van der Waals surface area (Å²) in [4.78, 5) is 7.55. The van der Waals surface area contributed by atoms with Crippen molar-refractivity contribution in [3.63, 3.8) is 0 Å². The summed E-state index contributed by atoms with van der Waals surface area (Å²) in [6.45, 7) is 3.11. The van der Waals surface area contributed by atoms with Crippen molar-refractivity contribution in [1.29, 1.82) is 0 Å². The summed E-state index contributed by atoms with van der Waals surface area (Å²) in [5.41, 5.74) is 0.439. The zero-order valence-corrected chi connectivity index (χ0v) is 8.27. The van der Waals surface area contributed by atoms with Gasteiger partial charge in [-0.05, 0) is 13.3 Å². The number of hydrogen-bond donors (Lipinski definition) is 2. The SMILES string of the molecule is CP(C)(=O)c1ncc(B(O)O)cn1. The molecule has 0 fully saturated rings. The molecule has 0 saturated heterocycles. The Bertz CT molecular complexity index is 334. The topological polar surface area (TPSA) is 83.3 Å². The van der Waals surface area contributed by atoms with Crippen LogP contribution in [0.2, 0.25) is 0 Å². The molecule has 0 spiro atoms. The molecule has 0 aliphatic rings. The summed E-state index contributed by atoms with van der Waals surface area (Å²) in [6, 6.07) is 0. The normalized spacial score (nSPS) is 11.4. The van der Waals surface area contributed by atoms with Crippen molar-refractivity contribution in [2.45, 2.75) is 0 Å². The molecule has 7 heteroatoms. The van der Waals surface area contributed by atoms with E-state index in [1.807, 2.05) is 0 Å². The van der Waals surface area contributed by atoms with Gasteiger partial charge in [-0.3, -0.25) is 0 Å². The van der Waals surface area contributed by atoms with Crippen LogP contribution in [0.5, 0.6) is 0 Å². The molecular weight excluding hydrogens is 190 g/mol. The van der Waals surface area contributed by atoms with E-state index >= 15 is 0 Å². The van der Waals surface area contributed by atoms with Crippen LogP contribution in [0.3, 0.4) is 0 Å². The predicted octanol–water partition coefficient (Wildman–Crippen LogP) is -1.60. The molecule has 0 amide bonds. The molecule has 2 N–H and O–H groups in total. The molecule has 0 bridgehead atoms. The van der Waals surface area contributed by atoms with Crippen LogP contribution in [0.4, 0.5) is 0 Å². The maximum absolute atomic E-state index is 11.4. The first-order chi connectivity index (χ1) is 5.91. The minimum absolute atomic E-state index is 0.192. The molecule has 1 aromatic heterocycles. The van der Waals surface area contributed by atoms with Crippen LogP contribution in [0, 0.1) is 0 Å². The van der Waals surface area contributed by atoms with Crippen LogP contribution in [0.1, 0.15) is 0 Å². The summed E-state index contributed by atoms with van der Waals surface area (Å²) in [6.07, 6.45) is 2.51. The van der Waals surface area contributed by atoms with Gasteiger partial charge in [-0.2, -0.15) is 0 Å². The predicted molar refractivity (Wildman–Crippen MR) is 50.9 cm³/mol. The Morgan fingerprint density at radius 2 is 1.77 bits per heavy atom. The number of nitrogens with zero attached hydrogens (tertiary/aromatic N) is 2. The lowest BCUT2D eigenvalue weighted by Crippen LogP contribution is -2.32. The van der Waals surface area contributed by atoms with E-state index in [0.717, 1.165) is 0 Å². The van der Waals surface area contributed by atoms with Crippen LogP contribution < -0.4 is 11.0 Å². The van der Waals surface area contributed by atoms with Crippen molar-refractivity contribution in [1.82, 2.24) is 9.97 Å². The van der Waals surface area contributed by atoms with E-state index in [4.69, 9.17) is 10.0 Å². The highest BCUT2D eigenvalue weighted by Gasteiger charge is 2.17. The molecule has 0 atom stereocenters.